The fourth-order valence-electron chi connectivity index (χ4n) is 3.57. The van der Waals surface area contributed by atoms with Gasteiger partial charge in [-0.2, -0.15) is 0 Å². The first-order valence-corrected chi connectivity index (χ1v) is 12.9. The molecule has 11 heteroatoms. The number of hydrogen-bond donors (Lipinski definition) is 3. The Hall–Kier alpha value is -2.18. The molecule has 0 aliphatic carbocycles. The highest BCUT2D eigenvalue weighted by atomic mass is 32.2. The highest BCUT2D eigenvalue weighted by molar-refractivity contribution is 7.99. The van der Waals surface area contributed by atoms with Gasteiger partial charge in [0.15, 0.2) is 0 Å². The molecule has 3 rings (SSSR count). The largest absolute Gasteiger partial charge is 0.393 e. The second-order valence-corrected chi connectivity index (χ2v) is 10.5. The number of nitro groups is 1. The first-order valence-electron chi connectivity index (χ1n) is 10.4. The van der Waals surface area contributed by atoms with Gasteiger partial charge in [0.2, 0.25) is 10.0 Å². The molecule has 0 unspecified atom stereocenters. The third-order valence-corrected chi connectivity index (χ3v) is 7.48. The average Bonchev–Trinajstić information content (AvgIpc) is 2.76. The fraction of sp³-hybridized carbons (Fsp3) is 0.429. The molecule has 1 aliphatic rings. The van der Waals surface area contributed by atoms with Crippen LogP contribution in [0.15, 0.2) is 58.3 Å². The molecule has 1 fully saturated rings. The van der Waals surface area contributed by atoms with Crippen LogP contribution >= 0.6 is 11.8 Å². The van der Waals surface area contributed by atoms with Crippen molar-refractivity contribution in [1.82, 2.24) is 4.90 Å². The molecule has 0 amide bonds. The molecule has 0 saturated carbocycles. The summed E-state index contributed by atoms with van der Waals surface area (Å²) >= 11 is 1.65. The number of nitrogens with one attached hydrogen (secondary N) is 1. The number of nitro benzene ring substituents is 1. The maximum atomic E-state index is 11.6. The molecule has 9 nitrogen and oxygen atoms in total. The number of aliphatic hydroxyl groups is 1. The Morgan fingerprint density at radius 3 is 2.53 bits per heavy atom. The minimum absolute atomic E-state index is 0.0916. The van der Waals surface area contributed by atoms with Gasteiger partial charge in [0.1, 0.15) is 5.69 Å². The number of rotatable bonds is 10. The summed E-state index contributed by atoms with van der Waals surface area (Å²) in [4.78, 5) is 14.1. The zero-order chi connectivity index (χ0) is 23.1. The quantitative estimate of drug-likeness (QED) is 0.268. The number of nitrogens with two attached hydrogens (primary N) is 1. The molecule has 32 heavy (non-hydrogen) atoms. The first-order chi connectivity index (χ1) is 15.2. The van der Waals surface area contributed by atoms with Crippen molar-refractivity contribution in [3.63, 3.8) is 0 Å². The standard InChI is InChI=1S/C21H28N4O5S2/c22-32(29,30)19-6-7-20(21(14-19)25(27)28)23-16(15-31-18-4-2-1-3-5-18)8-11-24-12-9-17(26)10-13-24/h1-7,14,16-17,23,26H,8-13,15H2,(H2,22,29,30)/t16-/m1/s1. The topological polar surface area (TPSA) is 139 Å². The van der Waals surface area contributed by atoms with E-state index in [0.717, 1.165) is 49.9 Å². The molecule has 174 valence electrons. The van der Waals surface area contributed by atoms with Crippen molar-refractivity contribution in [1.29, 1.82) is 0 Å². The number of aliphatic hydroxyl groups excluding tert-OH is 1. The Labute approximate surface area is 192 Å². The number of hydrogen-bond acceptors (Lipinski definition) is 8. The van der Waals surface area contributed by atoms with E-state index in [4.69, 9.17) is 5.14 Å². The maximum absolute atomic E-state index is 11.6. The van der Waals surface area contributed by atoms with Crippen LogP contribution in [0.3, 0.4) is 0 Å². The number of nitrogens with zero attached hydrogens (tertiary/aromatic N) is 2. The van der Waals surface area contributed by atoms with E-state index in [1.165, 1.54) is 12.1 Å². The summed E-state index contributed by atoms with van der Waals surface area (Å²) in [5.41, 5.74) is -0.0672. The summed E-state index contributed by atoms with van der Waals surface area (Å²) in [5, 5.41) is 29.7. The molecule has 1 saturated heterocycles. The number of primary sulfonamides is 1. The van der Waals surface area contributed by atoms with Gasteiger partial charge in [0.05, 0.1) is 15.9 Å². The fourth-order valence-corrected chi connectivity index (χ4v) is 5.10. The summed E-state index contributed by atoms with van der Waals surface area (Å²) in [6.45, 7) is 2.44. The van der Waals surface area contributed by atoms with Crippen LogP contribution in [0, 0.1) is 10.1 Å². The number of likely N-dealkylation sites (tertiary alicyclic amines) is 1. The van der Waals surface area contributed by atoms with Gasteiger partial charge in [-0.25, -0.2) is 13.6 Å². The van der Waals surface area contributed by atoms with Crippen molar-refractivity contribution in [2.24, 2.45) is 5.14 Å². The monoisotopic (exact) mass is 480 g/mol. The smallest absolute Gasteiger partial charge is 0.293 e. The van der Waals surface area contributed by atoms with Crippen molar-refractivity contribution < 1.29 is 18.4 Å². The second-order valence-electron chi connectivity index (χ2n) is 7.81. The lowest BCUT2D eigenvalue weighted by atomic mass is 10.1. The highest BCUT2D eigenvalue weighted by Gasteiger charge is 2.23. The Morgan fingerprint density at radius 2 is 1.91 bits per heavy atom. The zero-order valence-electron chi connectivity index (χ0n) is 17.6. The number of piperidine rings is 1. The number of benzene rings is 2. The van der Waals surface area contributed by atoms with E-state index in [-0.39, 0.29) is 28.4 Å². The van der Waals surface area contributed by atoms with Crippen LogP contribution in [0.5, 0.6) is 0 Å². The van der Waals surface area contributed by atoms with E-state index in [9.17, 15) is 23.6 Å². The molecule has 1 heterocycles. The van der Waals surface area contributed by atoms with E-state index < -0.39 is 14.9 Å². The van der Waals surface area contributed by atoms with Crippen LogP contribution < -0.4 is 10.5 Å². The van der Waals surface area contributed by atoms with Crippen LogP contribution in [0.1, 0.15) is 19.3 Å². The van der Waals surface area contributed by atoms with Crippen LogP contribution in [-0.4, -0.2) is 60.9 Å². The number of sulfonamides is 1. The van der Waals surface area contributed by atoms with Crippen LogP contribution in [0.2, 0.25) is 0 Å². The van der Waals surface area contributed by atoms with Crippen LogP contribution in [0.4, 0.5) is 11.4 Å². The molecule has 0 spiro atoms. The summed E-state index contributed by atoms with van der Waals surface area (Å²) in [6, 6.07) is 13.5. The van der Waals surface area contributed by atoms with E-state index in [2.05, 4.69) is 10.2 Å². The van der Waals surface area contributed by atoms with Gasteiger partial charge in [-0.05, 0) is 43.5 Å². The maximum Gasteiger partial charge on any atom is 0.293 e. The van der Waals surface area contributed by atoms with E-state index in [0.29, 0.717) is 5.75 Å². The molecule has 0 bridgehead atoms. The molecule has 1 atom stereocenters. The Kier molecular flexibility index (Phi) is 8.49. The second kappa shape index (κ2) is 11.1. The molecular formula is C21H28N4O5S2. The molecule has 1 aliphatic heterocycles. The zero-order valence-corrected chi connectivity index (χ0v) is 19.2. The van der Waals surface area contributed by atoms with Gasteiger partial charge in [0.25, 0.3) is 5.69 Å². The van der Waals surface area contributed by atoms with Gasteiger partial charge >= 0.3 is 0 Å². The minimum Gasteiger partial charge on any atom is -0.393 e. The summed E-state index contributed by atoms with van der Waals surface area (Å²) in [5.74, 6) is 0.675. The highest BCUT2D eigenvalue weighted by Crippen LogP contribution is 2.29. The van der Waals surface area contributed by atoms with E-state index >= 15 is 0 Å². The third-order valence-electron chi connectivity index (χ3n) is 5.40. The molecule has 0 radical (unpaired) electrons. The van der Waals surface area contributed by atoms with Gasteiger partial charge in [-0.15, -0.1) is 11.8 Å². The normalized spacial score (nSPS) is 16.6. The lowest BCUT2D eigenvalue weighted by molar-refractivity contribution is -0.384. The van der Waals surface area contributed by atoms with Gasteiger partial charge < -0.3 is 15.3 Å². The lowest BCUT2D eigenvalue weighted by Crippen LogP contribution is -2.38. The summed E-state index contributed by atoms with van der Waals surface area (Å²) in [7, 11) is -4.04. The summed E-state index contributed by atoms with van der Waals surface area (Å²) in [6.07, 6.45) is 1.99. The Morgan fingerprint density at radius 1 is 1.22 bits per heavy atom. The van der Waals surface area contributed by atoms with E-state index in [1.807, 2.05) is 30.3 Å². The third kappa shape index (κ3) is 7.17. The van der Waals surface area contributed by atoms with Crippen LogP contribution in [0.25, 0.3) is 0 Å². The molecule has 2 aromatic rings. The summed E-state index contributed by atoms with van der Waals surface area (Å²) < 4.78 is 23.2. The molecule has 0 aromatic heterocycles. The van der Waals surface area contributed by atoms with E-state index in [1.54, 1.807) is 11.8 Å². The SMILES string of the molecule is NS(=O)(=O)c1ccc(N[C@H](CCN2CCC(O)CC2)CSc2ccccc2)c([N+](=O)[O-])c1. The average molecular weight is 481 g/mol. The molecule has 4 N–H and O–H groups in total. The number of anilines is 1. The predicted molar refractivity (Wildman–Crippen MR) is 125 cm³/mol. The Balaban J connectivity index is 1.75. The lowest BCUT2D eigenvalue weighted by Gasteiger charge is -2.31. The van der Waals surface area contributed by atoms with Crippen molar-refractivity contribution in [2.45, 2.75) is 41.2 Å². The van der Waals surface area contributed by atoms with Gasteiger partial charge in [-0.1, -0.05) is 18.2 Å². The first kappa shape index (κ1) is 24.5. The van der Waals surface area contributed by atoms with Crippen molar-refractivity contribution in [2.75, 3.05) is 30.7 Å². The van der Waals surface area contributed by atoms with Gasteiger partial charge in [0, 0.05) is 42.4 Å². The van der Waals surface area contributed by atoms with Crippen molar-refractivity contribution in [3.8, 4) is 0 Å². The van der Waals surface area contributed by atoms with Crippen LogP contribution in [-0.2, 0) is 10.0 Å². The Bertz CT molecular complexity index is 1010. The molecule has 2 aromatic carbocycles. The van der Waals surface area contributed by atoms with Crippen molar-refractivity contribution in [3.05, 3.63) is 58.6 Å². The molecular weight excluding hydrogens is 452 g/mol. The minimum atomic E-state index is -4.04. The van der Waals surface area contributed by atoms with Gasteiger partial charge in [-0.3, -0.25) is 10.1 Å². The van der Waals surface area contributed by atoms with Crippen molar-refractivity contribution >= 4 is 33.2 Å². The predicted octanol–water partition coefficient (Wildman–Crippen LogP) is 2.66. The number of thioether (sulfide) groups is 1.